The van der Waals surface area contributed by atoms with Gasteiger partial charge in [-0.2, -0.15) is 0 Å². The second kappa shape index (κ2) is 6.75. The van der Waals surface area contributed by atoms with Crippen LogP contribution in [0.4, 0.5) is 0 Å². The number of aliphatic hydroxyl groups is 1. The average molecular weight is 244 g/mol. The Kier molecular flexibility index (Phi) is 5.00. The molecule has 18 heavy (non-hydrogen) atoms. The van der Waals surface area contributed by atoms with Crippen molar-refractivity contribution in [2.24, 2.45) is 0 Å². The van der Waals surface area contributed by atoms with Gasteiger partial charge in [-0.25, -0.2) is 0 Å². The summed E-state index contributed by atoms with van der Waals surface area (Å²) in [4.78, 5) is 0. The zero-order chi connectivity index (χ0) is 12.8. The average Bonchev–Trinajstić information content (AvgIpc) is 2.66. The lowest BCUT2D eigenvalue weighted by Gasteiger charge is -2.14. The van der Waals surface area contributed by atoms with Gasteiger partial charge in [-0.3, -0.25) is 0 Å². The van der Waals surface area contributed by atoms with E-state index in [9.17, 15) is 5.11 Å². The van der Waals surface area contributed by atoms with E-state index in [0.29, 0.717) is 0 Å². The Hall–Kier alpha value is -1.08. The quantitative estimate of drug-likeness (QED) is 0.788. The van der Waals surface area contributed by atoms with Crippen LogP contribution in [0.2, 0.25) is 0 Å². The highest BCUT2D eigenvalue weighted by Gasteiger charge is 2.12. The third-order valence-corrected chi connectivity index (χ3v) is 3.83. The van der Waals surface area contributed by atoms with Gasteiger partial charge >= 0.3 is 0 Å². The molecule has 0 saturated heterocycles. The zero-order valence-electron chi connectivity index (χ0n) is 11.4. The summed E-state index contributed by atoms with van der Waals surface area (Å²) in [6.07, 6.45) is 9.95. The Morgan fingerprint density at radius 1 is 1.11 bits per heavy atom. The van der Waals surface area contributed by atoms with Gasteiger partial charge in [0.05, 0.1) is 6.10 Å². The fraction of sp³-hybridized carbons (Fsp3) is 0.529. The SMILES string of the molecule is Cc1ccc(CCC(O)C2=CCCCCC2)cc1. The molecule has 1 nitrogen and oxygen atoms in total. The highest BCUT2D eigenvalue weighted by atomic mass is 16.3. The molecular weight excluding hydrogens is 220 g/mol. The largest absolute Gasteiger partial charge is 0.389 e. The summed E-state index contributed by atoms with van der Waals surface area (Å²) in [5, 5.41) is 10.2. The lowest BCUT2D eigenvalue weighted by Crippen LogP contribution is -2.11. The van der Waals surface area contributed by atoms with E-state index in [0.717, 1.165) is 25.7 Å². The van der Waals surface area contributed by atoms with E-state index in [-0.39, 0.29) is 6.10 Å². The highest BCUT2D eigenvalue weighted by Crippen LogP contribution is 2.22. The minimum absolute atomic E-state index is 0.232. The fourth-order valence-corrected chi connectivity index (χ4v) is 2.59. The van der Waals surface area contributed by atoms with Crippen LogP contribution in [0.25, 0.3) is 0 Å². The number of aryl methyl sites for hydroxylation is 2. The molecule has 2 rings (SSSR count). The van der Waals surface area contributed by atoms with Crippen LogP contribution in [-0.2, 0) is 6.42 Å². The maximum atomic E-state index is 10.2. The van der Waals surface area contributed by atoms with Crippen molar-refractivity contribution < 1.29 is 5.11 Å². The van der Waals surface area contributed by atoms with Crippen molar-refractivity contribution in [2.75, 3.05) is 0 Å². The number of hydrogen-bond acceptors (Lipinski definition) is 1. The molecule has 98 valence electrons. The predicted octanol–water partition coefficient (Wildman–Crippen LogP) is 4.18. The minimum Gasteiger partial charge on any atom is -0.389 e. The van der Waals surface area contributed by atoms with Crippen LogP contribution in [-0.4, -0.2) is 11.2 Å². The lowest BCUT2D eigenvalue weighted by molar-refractivity contribution is 0.196. The van der Waals surface area contributed by atoms with Crippen LogP contribution in [0.5, 0.6) is 0 Å². The topological polar surface area (TPSA) is 20.2 Å². The molecule has 1 atom stereocenters. The summed E-state index contributed by atoms with van der Waals surface area (Å²) in [7, 11) is 0. The van der Waals surface area contributed by atoms with Crippen LogP contribution in [0, 0.1) is 6.92 Å². The minimum atomic E-state index is -0.232. The maximum absolute atomic E-state index is 10.2. The lowest BCUT2D eigenvalue weighted by atomic mass is 9.98. The molecule has 0 fully saturated rings. The third-order valence-electron chi connectivity index (χ3n) is 3.83. The Labute approximate surface area is 111 Å². The third kappa shape index (κ3) is 3.99. The van der Waals surface area contributed by atoms with Crippen LogP contribution >= 0.6 is 0 Å². The van der Waals surface area contributed by atoms with Crippen LogP contribution in [0.15, 0.2) is 35.9 Å². The summed E-state index contributed by atoms with van der Waals surface area (Å²) in [6, 6.07) is 8.63. The van der Waals surface area contributed by atoms with E-state index >= 15 is 0 Å². The molecule has 0 bridgehead atoms. The first-order valence-corrected chi connectivity index (χ1v) is 7.18. The van der Waals surface area contributed by atoms with Gasteiger partial charge < -0.3 is 5.11 Å². The molecule has 0 amide bonds. The summed E-state index contributed by atoms with van der Waals surface area (Å²) in [5.41, 5.74) is 3.90. The Morgan fingerprint density at radius 3 is 2.67 bits per heavy atom. The number of rotatable bonds is 4. The van der Waals surface area contributed by atoms with Crippen molar-refractivity contribution in [3.8, 4) is 0 Å². The first kappa shape index (κ1) is 13.4. The molecule has 0 spiro atoms. The number of aliphatic hydroxyl groups excluding tert-OH is 1. The summed E-state index contributed by atoms with van der Waals surface area (Å²) < 4.78 is 0. The van der Waals surface area contributed by atoms with Gasteiger partial charge in [-0.05, 0) is 56.6 Å². The highest BCUT2D eigenvalue weighted by molar-refractivity contribution is 5.22. The molecule has 0 aromatic heterocycles. The van der Waals surface area contributed by atoms with Gasteiger partial charge in [-0.1, -0.05) is 42.3 Å². The first-order chi connectivity index (χ1) is 8.75. The molecule has 0 aliphatic heterocycles. The van der Waals surface area contributed by atoms with Gasteiger partial charge in [-0.15, -0.1) is 0 Å². The molecule has 1 heteroatoms. The molecule has 0 heterocycles. The second-order valence-electron chi connectivity index (χ2n) is 5.42. The van der Waals surface area contributed by atoms with Gasteiger partial charge in [0.1, 0.15) is 0 Å². The van der Waals surface area contributed by atoms with E-state index < -0.39 is 0 Å². The molecular formula is C17H24O. The zero-order valence-corrected chi connectivity index (χ0v) is 11.4. The molecule has 1 aromatic rings. The second-order valence-corrected chi connectivity index (χ2v) is 5.42. The van der Waals surface area contributed by atoms with E-state index in [1.807, 2.05) is 0 Å². The van der Waals surface area contributed by atoms with E-state index in [2.05, 4.69) is 37.3 Å². The number of benzene rings is 1. The van der Waals surface area contributed by atoms with Gasteiger partial charge in [0.15, 0.2) is 0 Å². The van der Waals surface area contributed by atoms with Crippen molar-refractivity contribution >= 4 is 0 Å². The van der Waals surface area contributed by atoms with Crippen LogP contribution in [0.3, 0.4) is 0 Å². The van der Waals surface area contributed by atoms with Gasteiger partial charge in [0.2, 0.25) is 0 Å². The van der Waals surface area contributed by atoms with Crippen LogP contribution < -0.4 is 0 Å². The van der Waals surface area contributed by atoms with Crippen molar-refractivity contribution in [3.05, 3.63) is 47.0 Å². The summed E-state index contributed by atoms with van der Waals surface area (Å²) >= 11 is 0. The summed E-state index contributed by atoms with van der Waals surface area (Å²) in [6.45, 7) is 2.11. The molecule has 1 N–H and O–H groups in total. The molecule has 0 saturated carbocycles. The molecule has 1 aliphatic carbocycles. The Bertz CT molecular complexity index is 389. The first-order valence-electron chi connectivity index (χ1n) is 7.18. The smallest absolute Gasteiger partial charge is 0.0753 e. The molecule has 1 unspecified atom stereocenters. The molecule has 0 radical (unpaired) electrons. The Morgan fingerprint density at radius 2 is 1.89 bits per heavy atom. The fourth-order valence-electron chi connectivity index (χ4n) is 2.59. The molecule has 1 aliphatic rings. The molecule has 1 aromatic carbocycles. The van der Waals surface area contributed by atoms with E-state index in [4.69, 9.17) is 0 Å². The summed E-state index contributed by atoms with van der Waals surface area (Å²) in [5.74, 6) is 0. The van der Waals surface area contributed by atoms with Gasteiger partial charge in [0.25, 0.3) is 0 Å². The predicted molar refractivity (Wildman–Crippen MR) is 76.7 cm³/mol. The van der Waals surface area contributed by atoms with E-state index in [1.54, 1.807) is 0 Å². The van der Waals surface area contributed by atoms with E-state index in [1.165, 1.54) is 36.0 Å². The standard InChI is InChI=1S/C17H24O/c1-14-8-10-15(11-9-14)12-13-17(18)16-6-4-2-3-5-7-16/h6,8-11,17-18H,2-5,7,12-13H2,1H3. The monoisotopic (exact) mass is 244 g/mol. The van der Waals surface area contributed by atoms with Crippen molar-refractivity contribution in [1.82, 2.24) is 0 Å². The van der Waals surface area contributed by atoms with Crippen molar-refractivity contribution in [2.45, 2.75) is 58.0 Å². The number of hydrogen-bond donors (Lipinski definition) is 1. The van der Waals surface area contributed by atoms with Gasteiger partial charge in [0, 0.05) is 0 Å². The maximum Gasteiger partial charge on any atom is 0.0753 e. The van der Waals surface area contributed by atoms with Crippen molar-refractivity contribution in [3.63, 3.8) is 0 Å². The number of allylic oxidation sites excluding steroid dienone is 1. The van der Waals surface area contributed by atoms with Crippen LogP contribution in [0.1, 0.15) is 49.7 Å². The van der Waals surface area contributed by atoms with Crippen molar-refractivity contribution in [1.29, 1.82) is 0 Å². The normalized spacial score (nSPS) is 18.0. The Balaban J connectivity index is 1.85.